The highest BCUT2D eigenvalue weighted by atomic mass is 16.6. The Kier molecular flexibility index (Phi) is 5.95. The number of nitrogens with zero attached hydrogens (tertiary/aromatic N) is 1. The van der Waals surface area contributed by atoms with Gasteiger partial charge in [0.25, 0.3) is 5.69 Å². The van der Waals surface area contributed by atoms with Crippen LogP contribution < -0.4 is 10.1 Å². The second-order valence-corrected chi connectivity index (χ2v) is 5.10. The fourth-order valence-electron chi connectivity index (χ4n) is 2.39. The van der Waals surface area contributed by atoms with Crippen LogP contribution in [-0.4, -0.2) is 30.8 Å². The molecule has 6 nitrogen and oxygen atoms in total. The molecule has 1 saturated heterocycles. The van der Waals surface area contributed by atoms with Gasteiger partial charge in [0.15, 0.2) is 0 Å². The summed E-state index contributed by atoms with van der Waals surface area (Å²) in [6.07, 6.45) is 3.36. The molecule has 1 aliphatic rings. The molecule has 0 bridgehead atoms. The minimum Gasteiger partial charge on any atom is -0.493 e. The number of rotatable bonds is 8. The van der Waals surface area contributed by atoms with Gasteiger partial charge in [0.1, 0.15) is 5.75 Å². The number of nitro benzene ring substituents is 1. The minimum atomic E-state index is -0.383. The Morgan fingerprint density at radius 2 is 2.38 bits per heavy atom. The first-order valence-corrected chi connectivity index (χ1v) is 7.43. The molecule has 0 spiro atoms. The first kappa shape index (κ1) is 15.7. The molecule has 21 heavy (non-hydrogen) atoms. The Bertz CT molecular complexity index is 473. The molecule has 1 fully saturated rings. The number of non-ortho nitro benzene ring substituents is 1. The molecule has 1 atom stereocenters. The van der Waals surface area contributed by atoms with E-state index in [1.54, 1.807) is 12.1 Å². The lowest BCUT2D eigenvalue weighted by Gasteiger charge is -2.14. The number of nitrogens with one attached hydrogen (secondary N) is 1. The lowest BCUT2D eigenvalue weighted by Crippen LogP contribution is -2.15. The molecule has 0 aromatic heterocycles. The molecular weight excluding hydrogens is 272 g/mol. The monoisotopic (exact) mass is 294 g/mol. The zero-order valence-electron chi connectivity index (χ0n) is 12.3. The van der Waals surface area contributed by atoms with E-state index in [0.717, 1.165) is 38.0 Å². The quantitative estimate of drug-likeness (QED) is 0.589. The first-order valence-electron chi connectivity index (χ1n) is 7.43. The van der Waals surface area contributed by atoms with E-state index in [1.165, 1.54) is 6.07 Å². The van der Waals surface area contributed by atoms with Crippen LogP contribution in [0.15, 0.2) is 18.2 Å². The standard InChI is InChI=1S/C15H22N2O4/c1-2-16-11-12-10-13(17(18)19)5-6-15(12)21-9-7-14-4-3-8-20-14/h5-6,10,14,16H,2-4,7-9,11H2,1H3. The fourth-order valence-corrected chi connectivity index (χ4v) is 2.39. The van der Waals surface area contributed by atoms with Crippen LogP contribution in [0.3, 0.4) is 0 Å². The minimum absolute atomic E-state index is 0.0920. The molecule has 1 aromatic rings. The molecule has 1 unspecified atom stereocenters. The van der Waals surface area contributed by atoms with Crippen LogP contribution in [0.4, 0.5) is 5.69 Å². The third-order valence-electron chi connectivity index (χ3n) is 3.54. The van der Waals surface area contributed by atoms with Crippen LogP contribution in [0.2, 0.25) is 0 Å². The highest BCUT2D eigenvalue weighted by Crippen LogP contribution is 2.25. The smallest absolute Gasteiger partial charge is 0.270 e. The lowest BCUT2D eigenvalue weighted by atomic mass is 10.1. The van der Waals surface area contributed by atoms with Crippen molar-refractivity contribution in [3.8, 4) is 5.75 Å². The molecule has 0 saturated carbocycles. The predicted molar refractivity (Wildman–Crippen MR) is 79.6 cm³/mol. The van der Waals surface area contributed by atoms with E-state index in [4.69, 9.17) is 9.47 Å². The highest BCUT2D eigenvalue weighted by Gasteiger charge is 2.16. The fraction of sp³-hybridized carbons (Fsp3) is 0.600. The van der Waals surface area contributed by atoms with Crippen molar-refractivity contribution in [1.29, 1.82) is 0 Å². The van der Waals surface area contributed by atoms with Crippen molar-refractivity contribution in [3.05, 3.63) is 33.9 Å². The van der Waals surface area contributed by atoms with Gasteiger partial charge in [-0.25, -0.2) is 0 Å². The van der Waals surface area contributed by atoms with Gasteiger partial charge in [-0.3, -0.25) is 10.1 Å². The second kappa shape index (κ2) is 7.95. The van der Waals surface area contributed by atoms with Gasteiger partial charge in [0.05, 0.1) is 17.6 Å². The van der Waals surface area contributed by atoms with E-state index in [0.29, 0.717) is 25.0 Å². The Morgan fingerprint density at radius 3 is 3.05 bits per heavy atom. The maximum absolute atomic E-state index is 10.9. The van der Waals surface area contributed by atoms with Crippen LogP contribution in [0.1, 0.15) is 31.7 Å². The first-order chi connectivity index (χ1) is 10.2. The molecule has 0 radical (unpaired) electrons. The molecule has 1 N–H and O–H groups in total. The van der Waals surface area contributed by atoms with E-state index in [9.17, 15) is 10.1 Å². The van der Waals surface area contributed by atoms with E-state index >= 15 is 0 Å². The Morgan fingerprint density at radius 1 is 1.52 bits per heavy atom. The van der Waals surface area contributed by atoms with Crippen molar-refractivity contribution < 1.29 is 14.4 Å². The van der Waals surface area contributed by atoms with Crippen LogP contribution in [0.5, 0.6) is 5.75 Å². The molecule has 0 amide bonds. The summed E-state index contributed by atoms with van der Waals surface area (Å²) in [7, 11) is 0. The Balaban J connectivity index is 1.96. The molecule has 116 valence electrons. The largest absolute Gasteiger partial charge is 0.493 e. The molecular formula is C15H22N2O4. The average molecular weight is 294 g/mol. The number of hydrogen-bond acceptors (Lipinski definition) is 5. The van der Waals surface area contributed by atoms with Crippen molar-refractivity contribution in [1.82, 2.24) is 5.32 Å². The zero-order valence-corrected chi connectivity index (χ0v) is 12.3. The number of ether oxygens (including phenoxy) is 2. The topological polar surface area (TPSA) is 73.6 Å². The number of hydrogen-bond donors (Lipinski definition) is 1. The number of benzene rings is 1. The molecule has 1 aromatic carbocycles. The van der Waals surface area contributed by atoms with Gasteiger partial charge in [-0.1, -0.05) is 6.92 Å². The molecule has 0 aliphatic carbocycles. The van der Waals surface area contributed by atoms with E-state index < -0.39 is 0 Å². The Labute approximate surface area is 124 Å². The maximum Gasteiger partial charge on any atom is 0.270 e. The van der Waals surface area contributed by atoms with Crippen molar-refractivity contribution in [3.63, 3.8) is 0 Å². The van der Waals surface area contributed by atoms with Gasteiger partial charge in [-0.05, 0) is 25.5 Å². The third-order valence-corrected chi connectivity index (χ3v) is 3.54. The van der Waals surface area contributed by atoms with Gasteiger partial charge >= 0.3 is 0 Å². The van der Waals surface area contributed by atoms with Crippen molar-refractivity contribution in [2.24, 2.45) is 0 Å². The number of nitro groups is 1. The van der Waals surface area contributed by atoms with Gasteiger partial charge in [0.2, 0.25) is 0 Å². The van der Waals surface area contributed by atoms with Gasteiger partial charge in [-0.15, -0.1) is 0 Å². The highest BCUT2D eigenvalue weighted by molar-refractivity contribution is 5.43. The van der Waals surface area contributed by atoms with Crippen molar-refractivity contribution >= 4 is 5.69 Å². The third kappa shape index (κ3) is 4.68. The van der Waals surface area contributed by atoms with Crippen LogP contribution in [0, 0.1) is 10.1 Å². The van der Waals surface area contributed by atoms with Gasteiger partial charge < -0.3 is 14.8 Å². The zero-order chi connectivity index (χ0) is 15.1. The van der Waals surface area contributed by atoms with E-state index in [-0.39, 0.29) is 10.6 Å². The van der Waals surface area contributed by atoms with Crippen LogP contribution >= 0.6 is 0 Å². The van der Waals surface area contributed by atoms with Crippen molar-refractivity contribution in [2.75, 3.05) is 19.8 Å². The molecule has 2 rings (SSSR count). The summed E-state index contributed by atoms with van der Waals surface area (Å²) in [6.45, 7) is 4.77. The van der Waals surface area contributed by atoms with Crippen molar-refractivity contribution in [2.45, 2.75) is 38.8 Å². The summed E-state index contributed by atoms with van der Waals surface area (Å²) in [4.78, 5) is 10.5. The molecule has 1 aliphatic heterocycles. The van der Waals surface area contributed by atoms with E-state index in [2.05, 4.69) is 5.32 Å². The molecule has 1 heterocycles. The summed E-state index contributed by atoms with van der Waals surface area (Å²) < 4.78 is 11.3. The molecule has 6 heteroatoms. The van der Waals surface area contributed by atoms with Crippen LogP contribution in [0.25, 0.3) is 0 Å². The summed E-state index contributed by atoms with van der Waals surface area (Å²) in [5.41, 5.74) is 0.910. The van der Waals surface area contributed by atoms with Gasteiger partial charge in [-0.2, -0.15) is 0 Å². The SMILES string of the molecule is CCNCc1cc([N+](=O)[O-])ccc1OCCC1CCCO1. The normalized spacial score (nSPS) is 17.9. The summed E-state index contributed by atoms with van der Waals surface area (Å²) in [5.74, 6) is 0.708. The predicted octanol–water partition coefficient (Wildman–Crippen LogP) is 2.65. The summed E-state index contributed by atoms with van der Waals surface area (Å²) in [6, 6.07) is 4.74. The summed E-state index contributed by atoms with van der Waals surface area (Å²) >= 11 is 0. The Hall–Kier alpha value is -1.66. The second-order valence-electron chi connectivity index (χ2n) is 5.10. The lowest BCUT2D eigenvalue weighted by molar-refractivity contribution is -0.384. The van der Waals surface area contributed by atoms with E-state index in [1.807, 2.05) is 6.92 Å². The van der Waals surface area contributed by atoms with Crippen LogP contribution in [-0.2, 0) is 11.3 Å². The maximum atomic E-state index is 10.9. The van der Waals surface area contributed by atoms with Gasteiger partial charge in [0, 0.05) is 37.3 Å². The average Bonchev–Trinajstić information content (AvgIpc) is 2.99. The summed E-state index contributed by atoms with van der Waals surface area (Å²) in [5, 5.41) is 14.0.